The first kappa shape index (κ1) is 21.4. The van der Waals surface area contributed by atoms with Crippen LogP contribution in [0, 0.1) is 0 Å². The molecule has 158 valence electrons. The van der Waals surface area contributed by atoms with Crippen molar-refractivity contribution in [1.82, 2.24) is 9.88 Å². The standard InChI is InChI=1S/C21H27F3N4O/c1-27(2)12-13-28(3)19-11-8-16-17(25)9-10-18(20(16)26-19)29-15-6-4-14(5-7-15)21(22,23)24/h4-8,11,17-18H,9-10,12-13,25H2,1-3H3. The molecule has 3 rings (SSSR count). The molecule has 0 saturated carbocycles. The van der Waals surface area contributed by atoms with Crippen molar-refractivity contribution in [3.05, 3.63) is 53.2 Å². The second-order valence-electron chi connectivity index (χ2n) is 7.68. The summed E-state index contributed by atoms with van der Waals surface area (Å²) in [6.45, 7) is 1.70. The van der Waals surface area contributed by atoms with Crippen LogP contribution in [0.4, 0.5) is 19.0 Å². The lowest BCUT2D eigenvalue weighted by atomic mass is 9.89. The van der Waals surface area contributed by atoms with Gasteiger partial charge < -0.3 is 20.3 Å². The van der Waals surface area contributed by atoms with E-state index in [1.165, 1.54) is 12.1 Å². The number of ether oxygens (including phenoxy) is 1. The molecule has 0 amide bonds. The first-order valence-corrected chi connectivity index (χ1v) is 9.61. The van der Waals surface area contributed by atoms with Gasteiger partial charge in [0.1, 0.15) is 17.7 Å². The van der Waals surface area contributed by atoms with Gasteiger partial charge in [-0.25, -0.2) is 4.98 Å². The molecule has 0 aliphatic heterocycles. The number of anilines is 1. The SMILES string of the molecule is CN(C)CCN(C)c1ccc2c(n1)C(Oc1ccc(C(F)(F)F)cc1)CCC2N. The Bertz CT molecular complexity index is 824. The number of halogens is 3. The average Bonchev–Trinajstić information content (AvgIpc) is 2.67. The van der Waals surface area contributed by atoms with Crippen molar-refractivity contribution in [2.45, 2.75) is 31.2 Å². The van der Waals surface area contributed by atoms with Crippen LogP contribution in [-0.2, 0) is 6.18 Å². The van der Waals surface area contributed by atoms with E-state index in [0.717, 1.165) is 48.7 Å². The van der Waals surface area contributed by atoms with Gasteiger partial charge in [-0.15, -0.1) is 0 Å². The van der Waals surface area contributed by atoms with Crippen molar-refractivity contribution in [2.24, 2.45) is 5.73 Å². The van der Waals surface area contributed by atoms with Crippen molar-refractivity contribution < 1.29 is 17.9 Å². The Morgan fingerprint density at radius 1 is 1.03 bits per heavy atom. The van der Waals surface area contributed by atoms with Crippen molar-refractivity contribution in [1.29, 1.82) is 0 Å². The quantitative estimate of drug-likeness (QED) is 0.783. The fourth-order valence-electron chi connectivity index (χ4n) is 3.35. The first-order chi connectivity index (χ1) is 13.6. The van der Waals surface area contributed by atoms with E-state index in [9.17, 15) is 13.2 Å². The van der Waals surface area contributed by atoms with E-state index in [1.54, 1.807) is 0 Å². The molecule has 8 heteroatoms. The number of rotatable bonds is 6. The zero-order valence-electron chi connectivity index (χ0n) is 16.9. The molecule has 2 aromatic rings. The smallest absolute Gasteiger partial charge is 0.416 e. The zero-order valence-corrected chi connectivity index (χ0v) is 16.9. The van der Waals surface area contributed by atoms with Crippen LogP contribution in [0.25, 0.3) is 0 Å². The third-order valence-electron chi connectivity index (χ3n) is 5.12. The maximum absolute atomic E-state index is 12.8. The van der Waals surface area contributed by atoms with Gasteiger partial charge in [0.15, 0.2) is 0 Å². The Labute approximate surface area is 169 Å². The van der Waals surface area contributed by atoms with E-state index < -0.39 is 11.7 Å². The number of benzene rings is 1. The molecule has 0 radical (unpaired) electrons. The minimum atomic E-state index is -4.36. The third kappa shape index (κ3) is 5.19. The number of nitrogens with two attached hydrogens (primary N) is 1. The summed E-state index contributed by atoms with van der Waals surface area (Å²) in [7, 11) is 6.01. The van der Waals surface area contributed by atoms with E-state index in [2.05, 4.69) is 9.80 Å². The molecule has 0 bridgehead atoms. The molecule has 1 heterocycles. The lowest BCUT2D eigenvalue weighted by molar-refractivity contribution is -0.137. The highest BCUT2D eigenvalue weighted by atomic mass is 19.4. The molecule has 2 atom stereocenters. The molecular weight excluding hydrogens is 381 g/mol. The van der Waals surface area contributed by atoms with Crippen LogP contribution in [0.3, 0.4) is 0 Å². The maximum Gasteiger partial charge on any atom is 0.416 e. The topological polar surface area (TPSA) is 54.6 Å². The van der Waals surface area contributed by atoms with Crippen LogP contribution in [0.15, 0.2) is 36.4 Å². The minimum absolute atomic E-state index is 0.119. The van der Waals surface area contributed by atoms with E-state index in [0.29, 0.717) is 12.2 Å². The maximum atomic E-state index is 12.8. The molecule has 0 fully saturated rings. The van der Waals surface area contributed by atoms with Crippen LogP contribution in [-0.4, -0.2) is 44.1 Å². The fourth-order valence-corrected chi connectivity index (χ4v) is 3.35. The summed E-state index contributed by atoms with van der Waals surface area (Å²) in [6.07, 6.45) is -3.32. The molecule has 2 N–H and O–H groups in total. The molecule has 29 heavy (non-hydrogen) atoms. The van der Waals surface area contributed by atoms with Gasteiger partial charge >= 0.3 is 6.18 Å². The van der Waals surface area contributed by atoms with E-state index in [1.807, 2.05) is 33.3 Å². The van der Waals surface area contributed by atoms with Gasteiger partial charge in [-0.3, -0.25) is 0 Å². The molecule has 2 unspecified atom stereocenters. The van der Waals surface area contributed by atoms with Gasteiger partial charge in [-0.2, -0.15) is 13.2 Å². The van der Waals surface area contributed by atoms with Crippen molar-refractivity contribution in [3.63, 3.8) is 0 Å². The number of hydrogen-bond donors (Lipinski definition) is 1. The van der Waals surface area contributed by atoms with E-state index >= 15 is 0 Å². The van der Waals surface area contributed by atoms with Crippen molar-refractivity contribution in [2.75, 3.05) is 39.1 Å². The van der Waals surface area contributed by atoms with Crippen LogP contribution in [0.5, 0.6) is 5.75 Å². The van der Waals surface area contributed by atoms with Crippen LogP contribution in [0.2, 0.25) is 0 Å². The van der Waals surface area contributed by atoms with Gasteiger partial charge in [0.2, 0.25) is 0 Å². The van der Waals surface area contributed by atoms with E-state index in [4.69, 9.17) is 15.5 Å². The van der Waals surface area contributed by atoms with Gasteiger partial charge in [0.05, 0.1) is 11.3 Å². The lowest BCUT2D eigenvalue weighted by Crippen LogP contribution is -2.30. The highest BCUT2D eigenvalue weighted by Gasteiger charge is 2.31. The zero-order chi connectivity index (χ0) is 21.2. The molecule has 1 aromatic heterocycles. The number of nitrogens with zero attached hydrogens (tertiary/aromatic N) is 3. The number of alkyl halides is 3. The van der Waals surface area contributed by atoms with Crippen molar-refractivity contribution >= 4 is 5.82 Å². The second kappa shape index (κ2) is 8.59. The molecule has 0 saturated heterocycles. The summed E-state index contributed by atoms with van der Waals surface area (Å²) in [4.78, 5) is 8.96. The molecule has 1 aliphatic rings. The van der Waals surface area contributed by atoms with Crippen LogP contribution < -0.4 is 15.4 Å². The second-order valence-corrected chi connectivity index (χ2v) is 7.68. The highest BCUT2D eigenvalue weighted by Crippen LogP contribution is 2.38. The predicted octanol–water partition coefficient (Wildman–Crippen LogP) is 4.01. The Kier molecular flexibility index (Phi) is 6.33. The molecule has 5 nitrogen and oxygen atoms in total. The Hall–Kier alpha value is -2.32. The first-order valence-electron chi connectivity index (χ1n) is 9.61. The molecule has 1 aromatic carbocycles. The highest BCUT2D eigenvalue weighted by molar-refractivity contribution is 5.44. The lowest BCUT2D eigenvalue weighted by Gasteiger charge is -2.30. The van der Waals surface area contributed by atoms with Gasteiger partial charge in [-0.05, 0) is 62.8 Å². The molecule has 0 spiro atoms. The normalized spacial score (nSPS) is 19.2. The van der Waals surface area contributed by atoms with Gasteiger partial charge in [0.25, 0.3) is 0 Å². The molecular formula is C21H27F3N4O. The predicted molar refractivity (Wildman–Crippen MR) is 107 cm³/mol. The van der Waals surface area contributed by atoms with Gasteiger partial charge in [-0.1, -0.05) is 6.07 Å². The minimum Gasteiger partial charge on any atom is -0.484 e. The summed E-state index contributed by atoms with van der Waals surface area (Å²) < 4.78 is 44.4. The summed E-state index contributed by atoms with van der Waals surface area (Å²) >= 11 is 0. The summed E-state index contributed by atoms with van der Waals surface area (Å²) in [5.41, 5.74) is 7.25. The number of aromatic nitrogens is 1. The number of likely N-dealkylation sites (N-methyl/N-ethyl adjacent to an activating group) is 2. The summed E-state index contributed by atoms with van der Waals surface area (Å²) in [5, 5.41) is 0. The molecule has 1 aliphatic carbocycles. The largest absolute Gasteiger partial charge is 0.484 e. The summed E-state index contributed by atoms with van der Waals surface area (Å²) in [6, 6.07) is 8.58. The van der Waals surface area contributed by atoms with Crippen LogP contribution >= 0.6 is 0 Å². The van der Waals surface area contributed by atoms with E-state index in [-0.39, 0.29) is 12.1 Å². The Morgan fingerprint density at radius 3 is 2.34 bits per heavy atom. The third-order valence-corrected chi connectivity index (χ3v) is 5.12. The van der Waals surface area contributed by atoms with Crippen molar-refractivity contribution in [3.8, 4) is 5.75 Å². The fraction of sp³-hybridized carbons (Fsp3) is 0.476. The Balaban J connectivity index is 1.81. The monoisotopic (exact) mass is 408 g/mol. The number of fused-ring (bicyclic) bond motifs is 1. The average molecular weight is 408 g/mol. The van der Waals surface area contributed by atoms with Gasteiger partial charge in [0, 0.05) is 26.2 Å². The summed E-state index contributed by atoms with van der Waals surface area (Å²) in [5.74, 6) is 1.21. The van der Waals surface area contributed by atoms with Crippen LogP contribution in [0.1, 0.15) is 41.8 Å². The Morgan fingerprint density at radius 2 is 1.72 bits per heavy atom. The number of hydrogen-bond acceptors (Lipinski definition) is 5. The number of pyridine rings is 1.